The lowest BCUT2D eigenvalue weighted by molar-refractivity contribution is -0.140. The van der Waals surface area contributed by atoms with Gasteiger partial charge in [-0.1, -0.05) is 41.8 Å². The average Bonchev–Trinajstić information content (AvgIpc) is 2.51. The summed E-state index contributed by atoms with van der Waals surface area (Å²) in [6, 6.07) is 10.7. The molecule has 112 valence electrons. The van der Waals surface area contributed by atoms with E-state index in [0.717, 1.165) is 32.1 Å². The first-order chi connectivity index (χ1) is 10.6. The molecular weight excluding hydrogens is 270 g/mol. The zero-order valence-electron chi connectivity index (χ0n) is 12.7. The van der Waals surface area contributed by atoms with Crippen LogP contribution in [-0.4, -0.2) is 5.91 Å². The number of hydrogen-bond acceptors (Lipinski definition) is 1. The Bertz CT molecular complexity index is 676. The maximum atomic E-state index is 12.3. The molecule has 2 heteroatoms. The SMILES string of the molecule is C#CC=C1C2CC3(C(N)=O)CC1CC(c1ccccc1)(C2)C3. The Kier molecular flexibility index (Phi) is 2.78. The monoisotopic (exact) mass is 291 g/mol. The van der Waals surface area contributed by atoms with E-state index >= 15 is 0 Å². The van der Waals surface area contributed by atoms with Gasteiger partial charge in [-0.15, -0.1) is 6.42 Å². The fraction of sp³-hybridized carbons (Fsp3) is 0.450. The lowest BCUT2D eigenvalue weighted by Crippen LogP contribution is -2.59. The maximum Gasteiger partial charge on any atom is 0.223 e. The van der Waals surface area contributed by atoms with Crippen LogP contribution in [0.1, 0.15) is 37.7 Å². The number of carbonyl (C=O) groups is 1. The van der Waals surface area contributed by atoms with Gasteiger partial charge in [0, 0.05) is 0 Å². The standard InChI is InChI=1S/C20H21NO/c1-2-6-17-14-9-19(16-7-4-3-5-8-16)10-15(17)12-20(11-14,13-19)18(21)22/h1,3-8,14-15H,9-13H2,(H2,21,22). The second-order valence-corrected chi connectivity index (χ2v) is 7.49. The molecule has 1 amide bonds. The minimum absolute atomic E-state index is 0.105. The van der Waals surface area contributed by atoms with Crippen molar-refractivity contribution >= 4 is 5.91 Å². The topological polar surface area (TPSA) is 43.1 Å². The van der Waals surface area contributed by atoms with Crippen LogP contribution in [0.15, 0.2) is 42.0 Å². The summed E-state index contributed by atoms with van der Waals surface area (Å²) in [7, 11) is 0. The molecule has 4 saturated carbocycles. The fourth-order valence-corrected chi connectivity index (χ4v) is 5.69. The van der Waals surface area contributed by atoms with E-state index in [2.05, 4.69) is 36.3 Å². The minimum atomic E-state index is -0.326. The number of nitrogens with two attached hydrogens (primary N) is 1. The number of rotatable bonds is 2. The van der Waals surface area contributed by atoms with Gasteiger partial charge in [-0.2, -0.15) is 0 Å². The predicted molar refractivity (Wildman–Crippen MR) is 86.7 cm³/mol. The molecular formula is C20H21NO. The van der Waals surface area contributed by atoms with E-state index in [1.54, 1.807) is 0 Å². The molecule has 2 unspecified atom stereocenters. The Morgan fingerprint density at radius 3 is 2.36 bits per heavy atom. The van der Waals surface area contributed by atoms with Gasteiger partial charge in [0.1, 0.15) is 0 Å². The van der Waals surface area contributed by atoms with E-state index in [0.29, 0.717) is 11.8 Å². The Hall–Kier alpha value is -2.01. The molecule has 4 bridgehead atoms. The number of benzene rings is 1. The van der Waals surface area contributed by atoms with Gasteiger partial charge in [0.05, 0.1) is 5.41 Å². The van der Waals surface area contributed by atoms with Gasteiger partial charge in [-0.3, -0.25) is 4.79 Å². The molecule has 1 aromatic carbocycles. The van der Waals surface area contributed by atoms with Crippen molar-refractivity contribution in [3.8, 4) is 12.3 Å². The molecule has 0 aliphatic heterocycles. The highest BCUT2D eigenvalue weighted by atomic mass is 16.1. The number of hydrogen-bond donors (Lipinski definition) is 1. The predicted octanol–water partition coefficient (Wildman–Crippen LogP) is 3.18. The summed E-state index contributed by atoms with van der Waals surface area (Å²) in [6.07, 6.45) is 12.4. The number of carbonyl (C=O) groups excluding carboxylic acids is 1. The second-order valence-electron chi connectivity index (χ2n) is 7.49. The van der Waals surface area contributed by atoms with Crippen LogP contribution >= 0.6 is 0 Å². The molecule has 0 spiro atoms. The molecule has 4 aliphatic rings. The summed E-state index contributed by atoms with van der Waals surface area (Å²) >= 11 is 0. The van der Waals surface area contributed by atoms with Gasteiger partial charge in [-0.25, -0.2) is 0 Å². The first-order valence-corrected chi connectivity index (χ1v) is 8.10. The summed E-state index contributed by atoms with van der Waals surface area (Å²) in [5, 5.41) is 0. The van der Waals surface area contributed by atoms with Crippen LogP contribution in [0.4, 0.5) is 0 Å². The molecule has 0 saturated heterocycles. The van der Waals surface area contributed by atoms with Crippen LogP contribution in [0.25, 0.3) is 0 Å². The van der Waals surface area contributed by atoms with Crippen LogP contribution in [0.5, 0.6) is 0 Å². The number of terminal acetylenes is 1. The smallest absolute Gasteiger partial charge is 0.223 e. The molecule has 2 atom stereocenters. The molecule has 2 N–H and O–H groups in total. The van der Waals surface area contributed by atoms with Gasteiger partial charge >= 0.3 is 0 Å². The van der Waals surface area contributed by atoms with Crippen LogP contribution in [0.2, 0.25) is 0 Å². The van der Waals surface area contributed by atoms with E-state index in [1.165, 1.54) is 11.1 Å². The van der Waals surface area contributed by atoms with Crippen molar-refractivity contribution < 1.29 is 4.79 Å². The number of allylic oxidation sites excluding steroid dienone is 2. The number of amides is 1. The summed E-state index contributed by atoms with van der Waals surface area (Å²) in [6.45, 7) is 0. The van der Waals surface area contributed by atoms with Crippen molar-refractivity contribution in [1.29, 1.82) is 0 Å². The second kappa shape index (κ2) is 4.49. The van der Waals surface area contributed by atoms with E-state index < -0.39 is 0 Å². The van der Waals surface area contributed by atoms with Crippen molar-refractivity contribution in [3.05, 3.63) is 47.5 Å². The maximum absolute atomic E-state index is 12.3. The normalized spacial score (nSPS) is 38.6. The van der Waals surface area contributed by atoms with Crippen molar-refractivity contribution in [3.63, 3.8) is 0 Å². The summed E-state index contributed by atoms with van der Waals surface area (Å²) < 4.78 is 0. The third-order valence-electron chi connectivity index (χ3n) is 6.33. The zero-order chi connectivity index (χ0) is 15.4. The van der Waals surface area contributed by atoms with Gasteiger partial charge in [0.25, 0.3) is 0 Å². The van der Waals surface area contributed by atoms with Gasteiger partial charge in [-0.05, 0) is 61.0 Å². The largest absolute Gasteiger partial charge is 0.369 e. The van der Waals surface area contributed by atoms with E-state index in [9.17, 15) is 4.79 Å². The highest BCUT2D eigenvalue weighted by Gasteiger charge is 2.61. The molecule has 22 heavy (non-hydrogen) atoms. The molecule has 2 nitrogen and oxygen atoms in total. The third-order valence-corrected chi connectivity index (χ3v) is 6.33. The Morgan fingerprint density at radius 2 is 1.82 bits per heavy atom. The van der Waals surface area contributed by atoms with Crippen LogP contribution < -0.4 is 5.73 Å². The van der Waals surface area contributed by atoms with E-state index in [1.807, 2.05) is 6.08 Å². The quantitative estimate of drug-likeness (QED) is 0.836. The zero-order valence-corrected chi connectivity index (χ0v) is 12.7. The van der Waals surface area contributed by atoms with Crippen LogP contribution in [0, 0.1) is 29.6 Å². The first-order valence-electron chi connectivity index (χ1n) is 8.10. The van der Waals surface area contributed by atoms with E-state index in [4.69, 9.17) is 12.2 Å². The summed E-state index contributed by atoms with van der Waals surface area (Å²) in [5.74, 6) is 3.44. The van der Waals surface area contributed by atoms with Crippen LogP contribution in [0.3, 0.4) is 0 Å². The highest BCUT2D eigenvalue weighted by molar-refractivity contribution is 5.82. The van der Waals surface area contributed by atoms with Gasteiger partial charge in [0.15, 0.2) is 0 Å². The summed E-state index contributed by atoms with van der Waals surface area (Å²) in [4.78, 5) is 12.3. The Morgan fingerprint density at radius 1 is 1.18 bits per heavy atom. The highest BCUT2D eigenvalue weighted by Crippen LogP contribution is 2.67. The summed E-state index contributed by atoms with van der Waals surface area (Å²) in [5.41, 5.74) is 8.39. The van der Waals surface area contributed by atoms with Crippen molar-refractivity contribution in [2.45, 2.75) is 37.5 Å². The van der Waals surface area contributed by atoms with Crippen molar-refractivity contribution in [2.75, 3.05) is 0 Å². The molecule has 4 fully saturated rings. The molecule has 1 aromatic rings. The van der Waals surface area contributed by atoms with Crippen molar-refractivity contribution in [2.24, 2.45) is 23.0 Å². The number of primary amides is 1. The lowest BCUT2D eigenvalue weighted by atomic mass is 9.41. The molecule has 0 aromatic heterocycles. The van der Waals surface area contributed by atoms with Gasteiger partial charge in [0.2, 0.25) is 5.91 Å². The average molecular weight is 291 g/mol. The lowest BCUT2D eigenvalue weighted by Gasteiger charge is -2.62. The first kappa shape index (κ1) is 13.6. The molecule has 4 aliphatic carbocycles. The Balaban J connectivity index is 1.83. The van der Waals surface area contributed by atoms with E-state index in [-0.39, 0.29) is 16.7 Å². The fourth-order valence-electron chi connectivity index (χ4n) is 5.69. The van der Waals surface area contributed by atoms with Gasteiger partial charge < -0.3 is 5.73 Å². The van der Waals surface area contributed by atoms with Crippen molar-refractivity contribution in [1.82, 2.24) is 0 Å². The third kappa shape index (κ3) is 1.72. The van der Waals surface area contributed by atoms with Crippen LogP contribution in [-0.2, 0) is 10.2 Å². The Labute approximate surface area is 131 Å². The minimum Gasteiger partial charge on any atom is -0.369 e. The molecule has 5 rings (SSSR count). The molecule has 0 radical (unpaired) electrons. The molecule has 0 heterocycles.